The van der Waals surface area contributed by atoms with Crippen LogP contribution in [0.3, 0.4) is 0 Å². The number of hydrogen-bond donors (Lipinski definition) is 3. The maximum atomic E-state index is 13.7. The molecule has 9 nitrogen and oxygen atoms in total. The number of hydrogen-bond acceptors (Lipinski definition) is 8. The zero-order chi connectivity index (χ0) is 26.0. The third-order valence-corrected chi connectivity index (χ3v) is 5.86. The van der Waals surface area contributed by atoms with Gasteiger partial charge in [0.2, 0.25) is 11.9 Å². The monoisotopic (exact) mass is 512 g/mol. The molecule has 1 aromatic heterocycles. The Labute approximate surface area is 210 Å². The fraction of sp³-hybridized carbons (Fsp3) is 0.240. The van der Waals surface area contributed by atoms with E-state index in [1.54, 1.807) is 30.3 Å². The molecule has 192 valence electrons. The van der Waals surface area contributed by atoms with Gasteiger partial charge in [0.15, 0.2) is 0 Å². The van der Waals surface area contributed by atoms with Gasteiger partial charge in [0.25, 0.3) is 0 Å². The van der Waals surface area contributed by atoms with Crippen molar-refractivity contribution in [1.29, 1.82) is 0 Å². The number of morpholine rings is 1. The van der Waals surface area contributed by atoms with Gasteiger partial charge in [-0.1, -0.05) is 12.6 Å². The molecule has 1 saturated heterocycles. The van der Waals surface area contributed by atoms with Crippen molar-refractivity contribution < 1.29 is 27.4 Å². The summed E-state index contributed by atoms with van der Waals surface area (Å²) < 4.78 is 52.5. The molecule has 12 heteroatoms. The molecule has 2 aromatic carbocycles. The number of alkyl halides is 3. The first kappa shape index (κ1) is 24.4. The number of benzene rings is 2. The van der Waals surface area contributed by atoms with Crippen LogP contribution < -0.4 is 25.6 Å². The first-order valence-electron chi connectivity index (χ1n) is 11.4. The summed E-state index contributed by atoms with van der Waals surface area (Å²) in [6, 6.07) is 11.8. The summed E-state index contributed by atoms with van der Waals surface area (Å²) in [5, 5.41) is 8.20. The Balaban J connectivity index is 1.39. The maximum absolute atomic E-state index is 13.7. The Morgan fingerprint density at radius 2 is 1.92 bits per heavy atom. The molecule has 0 aliphatic carbocycles. The average molecular weight is 512 g/mol. The van der Waals surface area contributed by atoms with E-state index in [1.807, 2.05) is 6.07 Å². The van der Waals surface area contributed by atoms with Gasteiger partial charge >= 0.3 is 6.18 Å². The topological polar surface area (TPSA) is 101 Å². The predicted molar refractivity (Wildman–Crippen MR) is 133 cm³/mol. The van der Waals surface area contributed by atoms with Crippen LogP contribution in [0.1, 0.15) is 5.56 Å². The van der Waals surface area contributed by atoms with Crippen LogP contribution in [0.25, 0.3) is 0 Å². The Morgan fingerprint density at radius 3 is 2.73 bits per heavy atom. The number of halogens is 3. The number of carbonyl (C=O) groups excluding carboxylic acids is 1. The minimum atomic E-state index is -4.69. The first-order chi connectivity index (χ1) is 17.8. The lowest BCUT2D eigenvalue weighted by Crippen LogP contribution is -2.51. The van der Waals surface area contributed by atoms with Crippen molar-refractivity contribution in [3.8, 4) is 5.75 Å². The van der Waals surface area contributed by atoms with Gasteiger partial charge in [-0.15, -0.1) is 0 Å². The molecule has 1 fully saturated rings. The van der Waals surface area contributed by atoms with Crippen LogP contribution in [0, 0.1) is 0 Å². The minimum Gasteiger partial charge on any atom is -0.489 e. The van der Waals surface area contributed by atoms with Gasteiger partial charge in [-0.3, -0.25) is 4.79 Å². The minimum absolute atomic E-state index is 0.0355. The van der Waals surface area contributed by atoms with Gasteiger partial charge in [0, 0.05) is 35.9 Å². The summed E-state index contributed by atoms with van der Waals surface area (Å²) in [4.78, 5) is 21.8. The van der Waals surface area contributed by atoms with Crippen LogP contribution in [-0.4, -0.2) is 48.3 Å². The van der Waals surface area contributed by atoms with E-state index in [-0.39, 0.29) is 12.0 Å². The molecule has 1 amide bonds. The normalized spacial score (nSPS) is 16.6. The fourth-order valence-electron chi connectivity index (χ4n) is 4.12. The Kier molecular flexibility index (Phi) is 6.57. The number of fused-ring (bicyclic) bond motifs is 3. The molecule has 3 aromatic rings. The summed E-state index contributed by atoms with van der Waals surface area (Å²) >= 11 is 0. The molecule has 37 heavy (non-hydrogen) atoms. The van der Waals surface area contributed by atoms with E-state index in [9.17, 15) is 18.0 Å². The Hall–Kier alpha value is -4.32. The van der Waals surface area contributed by atoms with Gasteiger partial charge in [0.05, 0.1) is 24.9 Å². The van der Waals surface area contributed by atoms with Crippen molar-refractivity contribution in [1.82, 2.24) is 9.97 Å². The highest BCUT2D eigenvalue weighted by molar-refractivity contribution is 5.99. The van der Waals surface area contributed by atoms with E-state index in [1.165, 1.54) is 6.07 Å². The van der Waals surface area contributed by atoms with Crippen molar-refractivity contribution in [2.45, 2.75) is 12.2 Å². The standard InChI is InChI=1S/C25H23F3N6O3/c1-2-22(35)30-15-4-3-5-16(10-15)31-23-19(25(26,27)28)12-29-24(33-23)32-17-6-7-20-21(11-17)37-14-18-13-36-9-8-34(18)20/h2-7,10-12,18H,1,8-9,13-14H2,(H,30,35)(H2,29,31,32,33)/t18-/m0/s1. The Morgan fingerprint density at radius 1 is 1.11 bits per heavy atom. The van der Waals surface area contributed by atoms with Crippen LogP contribution in [0.2, 0.25) is 0 Å². The summed E-state index contributed by atoms with van der Waals surface area (Å²) in [7, 11) is 0. The quantitative estimate of drug-likeness (QED) is 0.409. The molecular weight excluding hydrogens is 489 g/mol. The highest BCUT2D eigenvalue weighted by Gasteiger charge is 2.35. The summed E-state index contributed by atoms with van der Waals surface area (Å²) in [5.74, 6) is -0.263. The van der Waals surface area contributed by atoms with E-state index >= 15 is 0 Å². The molecule has 3 N–H and O–H groups in total. The van der Waals surface area contributed by atoms with Crippen LogP contribution in [0.4, 0.5) is 47.7 Å². The average Bonchev–Trinajstić information content (AvgIpc) is 2.88. The zero-order valence-electron chi connectivity index (χ0n) is 19.5. The third-order valence-electron chi connectivity index (χ3n) is 5.86. The molecule has 2 aliphatic heterocycles. The second kappa shape index (κ2) is 9.97. The second-order valence-electron chi connectivity index (χ2n) is 8.39. The molecule has 0 radical (unpaired) electrons. The summed E-state index contributed by atoms with van der Waals surface area (Å²) in [6.07, 6.45) is -2.88. The van der Waals surface area contributed by atoms with Crippen LogP contribution >= 0.6 is 0 Å². The van der Waals surface area contributed by atoms with Crippen molar-refractivity contribution in [2.75, 3.05) is 47.2 Å². The molecule has 0 saturated carbocycles. The summed E-state index contributed by atoms with van der Waals surface area (Å²) in [6.45, 7) is 5.84. The lowest BCUT2D eigenvalue weighted by molar-refractivity contribution is -0.137. The number of amides is 1. The molecule has 5 rings (SSSR count). The van der Waals surface area contributed by atoms with Crippen molar-refractivity contribution in [3.05, 3.63) is 66.9 Å². The van der Waals surface area contributed by atoms with Gasteiger partial charge in [-0.2, -0.15) is 18.2 Å². The number of carbonyl (C=O) groups is 1. The van der Waals surface area contributed by atoms with E-state index < -0.39 is 23.5 Å². The van der Waals surface area contributed by atoms with E-state index in [4.69, 9.17) is 9.47 Å². The molecular formula is C25H23F3N6O3. The number of anilines is 6. The third kappa shape index (κ3) is 5.43. The van der Waals surface area contributed by atoms with Crippen molar-refractivity contribution in [2.24, 2.45) is 0 Å². The molecule has 2 aliphatic rings. The summed E-state index contributed by atoms with van der Waals surface area (Å²) in [5.41, 5.74) is 1.13. The van der Waals surface area contributed by atoms with Gasteiger partial charge in [-0.05, 0) is 36.4 Å². The molecule has 0 unspecified atom stereocenters. The number of ether oxygens (including phenoxy) is 2. The zero-order valence-corrected chi connectivity index (χ0v) is 19.5. The highest BCUT2D eigenvalue weighted by Crippen LogP contribution is 2.38. The van der Waals surface area contributed by atoms with Crippen molar-refractivity contribution in [3.63, 3.8) is 0 Å². The molecule has 1 atom stereocenters. The van der Waals surface area contributed by atoms with Gasteiger partial charge in [-0.25, -0.2) is 4.98 Å². The number of nitrogens with one attached hydrogen (secondary N) is 3. The predicted octanol–water partition coefficient (Wildman–Crippen LogP) is 4.70. The number of aromatic nitrogens is 2. The van der Waals surface area contributed by atoms with Crippen LogP contribution in [0.15, 0.2) is 61.3 Å². The SMILES string of the molecule is C=CC(=O)Nc1cccc(Nc2nc(Nc3ccc4c(c3)OC[C@@H]3COCCN43)ncc2C(F)(F)F)c1. The fourth-order valence-corrected chi connectivity index (χ4v) is 4.12. The van der Waals surface area contributed by atoms with E-state index in [0.717, 1.165) is 18.3 Å². The largest absolute Gasteiger partial charge is 0.489 e. The van der Waals surface area contributed by atoms with E-state index in [2.05, 4.69) is 37.4 Å². The lowest BCUT2D eigenvalue weighted by Gasteiger charge is -2.41. The van der Waals surface area contributed by atoms with Crippen LogP contribution in [-0.2, 0) is 15.7 Å². The molecule has 0 bridgehead atoms. The number of rotatable bonds is 6. The molecule has 3 heterocycles. The van der Waals surface area contributed by atoms with Crippen molar-refractivity contribution >= 4 is 40.4 Å². The highest BCUT2D eigenvalue weighted by atomic mass is 19.4. The van der Waals surface area contributed by atoms with Crippen LogP contribution in [0.5, 0.6) is 5.75 Å². The molecule has 0 spiro atoms. The van der Waals surface area contributed by atoms with E-state index in [0.29, 0.717) is 48.8 Å². The first-order valence-corrected chi connectivity index (χ1v) is 11.4. The second-order valence-corrected chi connectivity index (χ2v) is 8.39. The maximum Gasteiger partial charge on any atom is 0.421 e. The van der Waals surface area contributed by atoms with Gasteiger partial charge in [0.1, 0.15) is 23.7 Å². The smallest absolute Gasteiger partial charge is 0.421 e. The van der Waals surface area contributed by atoms with Gasteiger partial charge < -0.3 is 30.3 Å². The number of nitrogens with zero attached hydrogens (tertiary/aromatic N) is 3. The Bertz CT molecular complexity index is 1330. The lowest BCUT2D eigenvalue weighted by atomic mass is 10.1.